The molecule has 5 heteroatoms. The maximum atomic E-state index is 11.4. The van der Waals surface area contributed by atoms with Gasteiger partial charge in [0.15, 0.2) is 9.84 Å². The molecule has 18 heavy (non-hydrogen) atoms. The van der Waals surface area contributed by atoms with Crippen LogP contribution in [0.25, 0.3) is 0 Å². The normalized spacial score (nSPS) is 21.6. The Kier molecular flexibility index (Phi) is 4.04. The monoisotopic (exact) mass is 269 g/mol. The maximum absolute atomic E-state index is 11.4. The van der Waals surface area contributed by atoms with E-state index in [0.29, 0.717) is 26.0 Å². The Balaban J connectivity index is 1.98. The zero-order chi connectivity index (χ0) is 13.1. The first-order valence-corrected chi connectivity index (χ1v) is 7.96. The van der Waals surface area contributed by atoms with Gasteiger partial charge in [0.25, 0.3) is 0 Å². The number of nitrogens with two attached hydrogens (primary N) is 1. The summed E-state index contributed by atoms with van der Waals surface area (Å²) in [5.41, 5.74) is 6.38. The van der Waals surface area contributed by atoms with Crippen molar-refractivity contribution in [3.8, 4) is 0 Å². The number of hydrogen-bond acceptors (Lipinski definition) is 4. The van der Waals surface area contributed by atoms with E-state index < -0.39 is 15.4 Å². The maximum Gasteiger partial charge on any atom is 0.150 e. The molecule has 1 aliphatic rings. The van der Waals surface area contributed by atoms with E-state index >= 15 is 0 Å². The van der Waals surface area contributed by atoms with E-state index in [0.717, 1.165) is 5.56 Å². The molecule has 1 heterocycles. The van der Waals surface area contributed by atoms with E-state index in [2.05, 4.69) is 0 Å². The summed E-state index contributed by atoms with van der Waals surface area (Å²) in [4.78, 5) is 0. The summed E-state index contributed by atoms with van der Waals surface area (Å²) in [6.07, 6.45) is 0.997. The average molecular weight is 269 g/mol. The van der Waals surface area contributed by atoms with E-state index in [1.807, 2.05) is 30.3 Å². The summed E-state index contributed by atoms with van der Waals surface area (Å²) in [5.74, 6) is 0.359. The summed E-state index contributed by atoms with van der Waals surface area (Å²) in [7, 11) is -2.88. The fourth-order valence-electron chi connectivity index (χ4n) is 2.13. The van der Waals surface area contributed by atoms with Crippen molar-refractivity contribution in [1.29, 1.82) is 0 Å². The minimum Gasteiger partial charge on any atom is -0.369 e. The number of sulfone groups is 1. The van der Waals surface area contributed by atoms with Gasteiger partial charge >= 0.3 is 0 Å². The number of benzene rings is 1. The van der Waals surface area contributed by atoms with Crippen LogP contribution in [0.5, 0.6) is 0 Å². The van der Waals surface area contributed by atoms with Crippen LogP contribution in [-0.4, -0.2) is 32.1 Å². The third-order valence-corrected chi connectivity index (χ3v) is 5.15. The van der Waals surface area contributed by atoms with Crippen molar-refractivity contribution in [2.75, 3.05) is 18.1 Å². The Morgan fingerprint density at radius 2 is 1.78 bits per heavy atom. The summed E-state index contributed by atoms with van der Waals surface area (Å²) < 4.78 is 28.8. The summed E-state index contributed by atoms with van der Waals surface area (Å²) in [6.45, 7) is 0.855. The van der Waals surface area contributed by atoms with Gasteiger partial charge in [-0.3, -0.25) is 0 Å². The lowest BCUT2D eigenvalue weighted by atomic mass is 9.96. The Labute approximate surface area is 108 Å². The van der Waals surface area contributed by atoms with E-state index in [9.17, 15) is 8.42 Å². The van der Waals surface area contributed by atoms with Crippen LogP contribution in [0.4, 0.5) is 0 Å². The molecule has 0 radical (unpaired) electrons. The lowest BCUT2D eigenvalue weighted by molar-refractivity contribution is -0.0564. The molecular formula is C13H19NO3S. The first-order chi connectivity index (χ1) is 8.55. The zero-order valence-electron chi connectivity index (χ0n) is 10.3. The van der Waals surface area contributed by atoms with Crippen molar-refractivity contribution in [2.45, 2.75) is 25.0 Å². The quantitative estimate of drug-likeness (QED) is 0.889. The third kappa shape index (κ3) is 3.31. The van der Waals surface area contributed by atoms with Crippen molar-refractivity contribution in [2.24, 2.45) is 5.73 Å². The third-order valence-electron chi connectivity index (χ3n) is 3.50. The topological polar surface area (TPSA) is 69.4 Å². The Hall–Kier alpha value is -0.910. The van der Waals surface area contributed by atoms with Gasteiger partial charge in [0.1, 0.15) is 0 Å². The lowest BCUT2D eigenvalue weighted by Crippen LogP contribution is -2.47. The highest BCUT2D eigenvalue weighted by Crippen LogP contribution is 2.27. The molecule has 0 aliphatic carbocycles. The smallest absolute Gasteiger partial charge is 0.150 e. The molecule has 0 bridgehead atoms. The Bertz CT molecular complexity index is 470. The Morgan fingerprint density at radius 1 is 1.17 bits per heavy atom. The van der Waals surface area contributed by atoms with Crippen molar-refractivity contribution in [3.63, 3.8) is 0 Å². The molecule has 1 saturated heterocycles. The van der Waals surface area contributed by atoms with Crippen LogP contribution in [0.15, 0.2) is 30.3 Å². The predicted octanol–water partition coefficient (Wildman–Crippen LogP) is 1.11. The van der Waals surface area contributed by atoms with Crippen molar-refractivity contribution < 1.29 is 13.2 Å². The zero-order valence-corrected chi connectivity index (χ0v) is 11.2. The van der Waals surface area contributed by atoms with Crippen molar-refractivity contribution in [1.82, 2.24) is 0 Å². The standard InChI is InChI=1S/C13H19NO3S/c14-11-13(6-8-18(15,16)9-7-13)17-10-12-4-2-1-3-5-12/h1-5H,6-11,14H2. The van der Waals surface area contributed by atoms with Gasteiger partial charge in [-0.2, -0.15) is 0 Å². The minimum atomic E-state index is -2.88. The van der Waals surface area contributed by atoms with Gasteiger partial charge in [-0.15, -0.1) is 0 Å². The van der Waals surface area contributed by atoms with Gasteiger partial charge in [-0.25, -0.2) is 8.42 Å². The minimum absolute atomic E-state index is 0.180. The van der Waals surface area contributed by atoms with Crippen LogP contribution >= 0.6 is 0 Å². The molecule has 0 amide bonds. The van der Waals surface area contributed by atoms with Gasteiger partial charge in [0.2, 0.25) is 0 Å². The van der Waals surface area contributed by atoms with Gasteiger partial charge in [-0.05, 0) is 18.4 Å². The molecule has 100 valence electrons. The molecule has 2 N–H and O–H groups in total. The number of hydrogen-bond donors (Lipinski definition) is 1. The van der Waals surface area contributed by atoms with Crippen LogP contribution in [0, 0.1) is 0 Å². The van der Waals surface area contributed by atoms with Crippen LogP contribution in [0.1, 0.15) is 18.4 Å². The van der Waals surface area contributed by atoms with Gasteiger partial charge in [0.05, 0.1) is 23.7 Å². The fourth-order valence-corrected chi connectivity index (χ4v) is 3.70. The average Bonchev–Trinajstić information content (AvgIpc) is 2.40. The molecule has 0 saturated carbocycles. The van der Waals surface area contributed by atoms with E-state index in [1.165, 1.54) is 0 Å². The van der Waals surface area contributed by atoms with E-state index in [4.69, 9.17) is 10.5 Å². The molecule has 4 nitrogen and oxygen atoms in total. The van der Waals surface area contributed by atoms with Crippen LogP contribution < -0.4 is 5.73 Å². The van der Waals surface area contributed by atoms with E-state index in [1.54, 1.807) is 0 Å². The molecule has 0 spiro atoms. The summed E-state index contributed by atoms with van der Waals surface area (Å²) >= 11 is 0. The molecule has 1 aromatic carbocycles. The van der Waals surface area contributed by atoms with Gasteiger partial charge in [-0.1, -0.05) is 30.3 Å². The lowest BCUT2D eigenvalue weighted by Gasteiger charge is -2.36. The van der Waals surface area contributed by atoms with Crippen LogP contribution in [0.3, 0.4) is 0 Å². The van der Waals surface area contributed by atoms with Gasteiger partial charge < -0.3 is 10.5 Å². The fraction of sp³-hybridized carbons (Fsp3) is 0.538. The predicted molar refractivity (Wildman–Crippen MR) is 70.9 cm³/mol. The second-order valence-electron chi connectivity index (χ2n) is 4.81. The SMILES string of the molecule is NCC1(OCc2ccccc2)CCS(=O)(=O)CC1. The molecule has 1 aromatic rings. The highest BCUT2D eigenvalue weighted by atomic mass is 32.2. The molecule has 1 fully saturated rings. The van der Waals surface area contributed by atoms with Crippen LogP contribution in [-0.2, 0) is 21.2 Å². The summed E-state index contributed by atoms with van der Waals surface area (Å²) in [6, 6.07) is 9.85. The molecular weight excluding hydrogens is 250 g/mol. The van der Waals surface area contributed by atoms with Crippen molar-refractivity contribution in [3.05, 3.63) is 35.9 Å². The van der Waals surface area contributed by atoms with Crippen molar-refractivity contribution >= 4 is 9.84 Å². The second kappa shape index (κ2) is 5.38. The van der Waals surface area contributed by atoms with Gasteiger partial charge in [0, 0.05) is 6.54 Å². The number of rotatable bonds is 4. The molecule has 1 aliphatic heterocycles. The number of ether oxygens (including phenoxy) is 1. The second-order valence-corrected chi connectivity index (χ2v) is 7.12. The Morgan fingerprint density at radius 3 is 2.33 bits per heavy atom. The molecule has 0 atom stereocenters. The largest absolute Gasteiger partial charge is 0.369 e. The first kappa shape index (κ1) is 13.5. The highest BCUT2D eigenvalue weighted by molar-refractivity contribution is 7.91. The molecule has 0 aromatic heterocycles. The summed E-state index contributed by atoms with van der Waals surface area (Å²) in [5, 5.41) is 0. The molecule has 0 unspecified atom stereocenters. The van der Waals surface area contributed by atoms with E-state index in [-0.39, 0.29) is 11.5 Å². The molecule has 2 rings (SSSR count). The highest BCUT2D eigenvalue weighted by Gasteiger charge is 2.37. The van der Waals surface area contributed by atoms with Crippen LogP contribution in [0.2, 0.25) is 0 Å². The first-order valence-electron chi connectivity index (χ1n) is 6.14.